The molecule has 0 aromatic heterocycles. The van der Waals surface area contributed by atoms with Crippen LogP contribution in [0.4, 0.5) is 22.7 Å². The topological polar surface area (TPSA) is 76.4 Å². The molecule has 4 N–H and O–H groups in total. The third kappa shape index (κ3) is 2.76. The molecule has 1 aliphatic rings. The highest BCUT2D eigenvalue weighted by molar-refractivity contribution is 5.97. The lowest BCUT2D eigenvalue weighted by atomic mass is 10.1. The second-order valence-electron chi connectivity index (χ2n) is 4.95. The van der Waals surface area contributed by atoms with Gasteiger partial charge < -0.3 is 21.1 Å². The number of hydrogen-bond acceptors (Lipinski definition) is 4. The van der Waals surface area contributed by atoms with Gasteiger partial charge in [-0.05, 0) is 30.2 Å². The standard InChI is InChI=1S/C16H17N3O2/c1-2-10-4-3-5-11(6-10)18-13-8-14-15(7-12(13)17)21-9-16(20)19-14/h3-8,18H,2,9,17H2,1H3,(H,19,20). The Balaban J connectivity index is 1.91. The van der Waals surface area contributed by atoms with Crippen molar-refractivity contribution in [2.75, 3.05) is 23.0 Å². The maximum absolute atomic E-state index is 11.4. The predicted octanol–water partition coefficient (Wildman–Crippen LogP) is 2.91. The molecule has 0 radical (unpaired) electrons. The van der Waals surface area contributed by atoms with Crippen LogP contribution in [0.2, 0.25) is 0 Å². The molecule has 3 rings (SSSR count). The molecule has 108 valence electrons. The zero-order valence-electron chi connectivity index (χ0n) is 11.8. The number of anilines is 4. The van der Waals surface area contributed by atoms with E-state index in [0.717, 1.165) is 17.8 Å². The van der Waals surface area contributed by atoms with Crippen LogP contribution in [-0.2, 0) is 11.2 Å². The fourth-order valence-electron chi connectivity index (χ4n) is 2.27. The second-order valence-corrected chi connectivity index (χ2v) is 4.95. The van der Waals surface area contributed by atoms with Gasteiger partial charge in [0.15, 0.2) is 6.61 Å². The van der Waals surface area contributed by atoms with E-state index in [0.29, 0.717) is 17.1 Å². The number of ether oxygens (including phenoxy) is 1. The molecule has 1 heterocycles. The lowest BCUT2D eigenvalue weighted by molar-refractivity contribution is -0.118. The SMILES string of the molecule is CCc1cccc(Nc2cc3c(cc2N)OCC(=O)N3)c1. The van der Waals surface area contributed by atoms with Crippen LogP contribution in [0.15, 0.2) is 36.4 Å². The third-order valence-electron chi connectivity index (χ3n) is 3.40. The molecule has 21 heavy (non-hydrogen) atoms. The molecule has 0 saturated carbocycles. The molecule has 2 aromatic rings. The maximum atomic E-state index is 11.4. The van der Waals surface area contributed by atoms with Gasteiger partial charge in [0.2, 0.25) is 0 Å². The third-order valence-corrected chi connectivity index (χ3v) is 3.40. The van der Waals surface area contributed by atoms with E-state index in [2.05, 4.69) is 29.7 Å². The van der Waals surface area contributed by atoms with Crippen LogP contribution in [-0.4, -0.2) is 12.5 Å². The van der Waals surface area contributed by atoms with Crippen molar-refractivity contribution in [1.29, 1.82) is 0 Å². The van der Waals surface area contributed by atoms with Crippen LogP contribution in [0.5, 0.6) is 5.75 Å². The zero-order chi connectivity index (χ0) is 14.8. The van der Waals surface area contributed by atoms with Gasteiger partial charge >= 0.3 is 0 Å². The Labute approximate surface area is 123 Å². The molecular formula is C16H17N3O2. The fourth-order valence-corrected chi connectivity index (χ4v) is 2.27. The van der Waals surface area contributed by atoms with Crippen molar-refractivity contribution in [3.63, 3.8) is 0 Å². The number of nitrogens with two attached hydrogens (primary N) is 1. The van der Waals surface area contributed by atoms with Crippen LogP contribution in [0, 0.1) is 0 Å². The minimum Gasteiger partial charge on any atom is -0.482 e. The summed E-state index contributed by atoms with van der Waals surface area (Å²) in [6.45, 7) is 2.14. The molecule has 0 aliphatic carbocycles. The highest BCUT2D eigenvalue weighted by Gasteiger charge is 2.17. The lowest BCUT2D eigenvalue weighted by Crippen LogP contribution is -2.25. The molecular weight excluding hydrogens is 266 g/mol. The number of aryl methyl sites for hydroxylation is 1. The van der Waals surface area contributed by atoms with Gasteiger partial charge in [-0.3, -0.25) is 4.79 Å². The molecule has 0 fully saturated rings. The van der Waals surface area contributed by atoms with Gasteiger partial charge in [-0.1, -0.05) is 19.1 Å². The van der Waals surface area contributed by atoms with Crippen molar-refractivity contribution in [3.8, 4) is 5.75 Å². The Bertz CT molecular complexity index is 698. The summed E-state index contributed by atoms with van der Waals surface area (Å²) in [5, 5.41) is 6.06. The Kier molecular flexibility index (Phi) is 3.39. The van der Waals surface area contributed by atoms with Gasteiger partial charge in [0.1, 0.15) is 5.75 Å². The average Bonchev–Trinajstić information content (AvgIpc) is 2.49. The molecule has 2 aromatic carbocycles. The van der Waals surface area contributed by atoms with Gasteiger partial charge in [0.05, 0.1) is 17.1 Å². The first-order valence-electron chi connectivity index (χ1n) is 6.88. The van der Waals surface area contributed by atoms with E-state index in [-0.39, 0.29) is 12.5 Å². The molecule has 5 heteroatoms. The Hall–Kier alpha value is -2.69. The minimum atomic E-state index is -0.161. The summed E-state index contributed by atoms with van der Waals surface area (Å²) in [5.74, 6) is 0.436. The molecule has 0 saturated heterocycles. The molecule has 0 atom stereocenters. The average molecular weight is 283 g/mol. The monoisotopic (exact) mass is 283 g/mol. The number of fused-ring (bicyclic) bond motifs is 1. The van der Waals surface area contributed by atoms with E-state index in [4.69, 9.17) is 10.5 Å². The Morgan fingerprint density at radius 2 is 2.19 bits per heavy atom. The smallest absolute Gasteiger partial charge is 0.262 e. The number of amides is 1. The van der Waals surface area contributed by atoms with E-state index >= 15 is 0 Å². The van der Waals surface area contributed by atoms with E-state index in [1.54, 1.807) is 12.1 Å². The first-order chi connectivity index (χ1) is 10.2. The quantitative estimate of drug-likeness (QED) is 0.757. The largest absolute Gasteiger partial charge is 0.482 e. The molecule has 1 amide bonds. The van der Waals surface area contributed by atoms with Crippen LogP contribution in [0.1, 0.15) is 12.5 Å². The Morgan fingerprint density at radius 1 is 1.33 bits per heavy atom. The van der Waals surface area contributed by atoms with Crippen molar-refractivity contribution >= 4 is 28.7 Å². The number of benzene rings is 2. The highest BCUT2D eigenvalue weighted by atomic mass is 16.5. The van der Waals surface area contributed by atoms with E-state index in [9.17, 15) is 4.79 Å². The van der Waals surface area contributed by atoms with Gasteiger partial charge in [0.25, 0.3) is 5.91 Å². The molecule has 5 nitrogen and oxygen atoms in total. The maximum Gasteiger partial charge on any atom is 0.262 e. The second kappa shape index (κ2) is 5.36. The van der Waals surface area contributed by atoms with E-state index < -0.39 is 0 Å². The highest BCUT2D eigenvalue weighted by Crippen LogP contribution is 2.36. The summed E-state index contributed by atoms with van der Waals surface area (Å²) in [7, 11) is 0. The predicted molar refractivity (Wildman–Crippen MR) is 84.1 cm³/mol. The van der Waals surface area contributed by atoms with Crippen LogP contribution < -0.4 is 21.1 Å². The normalized spacial score (nSPS) is 13.1. The first kappa shape index (κ1) is 13.3. The number of nitrogens with one attached hydrogen (secondary N) is 2. The minimum absolute atomic E-state index is 0.0256. The summed E-state index contributed by atoms with van der Waals surface area (Å²) in [5.41, 5.74) is 10.2. The number of hydrogen-bond donors (Lipinski definition) is 3. The van der Waals surface area contributed by atoms with Gasteiger partial charge in [0, 0.05) is 11.8 Å². The fraction of sp³-hybridized carbons (Fsp3) is 0.188. The van der Waals surface area contributed by atoms with Crippen LogP contribution in [0.25, 0.3) is 0 Å². The molecule has 1 aliphatic heterocycles. The number of rotatable bonds is 3. The first-order valence-corrected chi connectivity index (χ1v) is 6.88. The van der Waals surface area contributed by atoms with Crippen molar-refractivity contribution in [3.05, 3.63) is 42.0 Å². The van der Waals surface area contributed by atoms with Crippen molar-refractivity contribution in [1.82, 2.24) is 0 Å². The van der Waals surface area contributed by atoms with Crippen LogP contribution >= 0.6 is 0 Å². The Morgan fingerprint density at radius 3 is 3.00 bits per heavy atom. The summed E-state index contributed by atoms with van der Waals surface area (Å²) in [6.07, 6.45) is 0.971. The number of carbonyl (C=O) groups is 1. The van der Waals surface area contributed by atoms with Crippen molar-refractivity contribution in [2.45, 2.75) is 13.3 Å². The summed E-state index contributed by atoms with van der Waals surface area (Å²) in [6, 6.07) is 11.7. The summed E-state index contributed by atoms with van der Waals surface area (Å²) < 4.78 is 5.34. The van der Waals surface area contributed by atoms with E-state index in [1.807, 2.05) is 12.1 Å². The van der Waals surface area contributed by atoms with Crippen molar-refractivity contribution < 1.29 is 9.53 Å². The zero-order valence-corrected chi connectivity index (χ0v) is 11.8. The molecule has 0 spiro atoms. The summed E-state index contributed by atoms with van der Waals surface area (Å²) in [4.78, 5) is 11.4. The molecule has 0 bridgehead atoms. The number of carbonyl (C=O) groups excluding carboxylic acids is 1. The summed E-state index contributed by atoms with van der Waals surface area (Å²) >= 11 is 0. The van der Waals surface area contributed by atoms with Crippen LogP contribution in [0.3, 0.4) is 0 Å². The van der Waals surface area contributed by atoms with Gasteiger partial charge in [-0.25, -0.2) is 0 Å². The van der Waals surface area contributed by atoms with Crippen molar-refractivity contribution in [2.24, 2.45) is 0 Å². The molecule has 0 unspecified atom stereocenters. The van der Waals surface area contributed by atoms with Gasteiger partial charge in [-0.15, -0.1) is 0 Å². The van der Waals surface area contributed by atoms with Gasteiger partial charge in [-0.2, -0.15) is 0 Å². The lowest BCUT2D eigenvalue weighted by Gasteiger charge is -2.20. The number of nitrogen functional groups attached to an aromatic ring is 1. The van der Waals surface area contributed by atoms with E-state index in [1.165, 1.54) is 5.56 Å².